The zero-order chi connectivity index (χ0) is 12.0. The lowest BCUT2D eigenvalue weighted by Gasteiger charge is -1.99. The molecule has 0 fully saturated rings. The maximum Gasteiger partial charge on any atom is 0.409 e. The zero-order valence-electron chi connectivity index (χ0n) is 8.50. The van der Waals surface area contributed by atoms with Crippen LogP contribution in [-0.2, 0) is 11.2 Å². The maximum absolute atomic E-state index is 11.7. The number of benzene rings is 1. The molecule has 1 rings (SSSR count). The largest absolute Gasteiger partial charge is 0.409 e. The summed E-state index contributed by atoms with van der Waals surface area (Å²) >= 11 is 0. The molecule has 0 atom stereocenters. The highest BCUT2D eigenvalue weighted by Crippen LogP contribution is 2.16. The van der Waals surface area contributed by atoms with Crippen molar-refractivity contribution in [3.8, 4) is 0 Å². The van der Waals surface area contributed by atoms with E-state index in [1.165, 1.54) is 0 Å². The van der Waals surface area contributed by atoms with Crippen LogP contribution >= 0.6 is 0 Å². The highest BCUT2D eigenvalue weighted by atomic mass is 19.4. The van der Waals surface area contributed by atoms with Crippen molar-refractivity contribution in [3.63, 3.8) is 0 Å². The van der Waals surface area contributed by atoms with Crippen LogP contribution in [0.5, 0.6) is 0 Å². The summed E-state index contributed by atoms with van der Waals surface area (Å²) in [6, 6.07) is 9.16. The third-order valence-electron chi connectivity index (χ3n) is 1.96. The molecule has 4 heteroatoms. The van der Waals surface area contributed by atoms with Crippen molar-refractivity contribution in [1.82, 2.24) is 0 Å². The number of hydrogen-bond acceptors (Lipinski definition) is 1. The van der Waals surface area contributed by atoms with E-state index >= 15 is 0 Å². The number of hydrogen-bond donors (Lipinski definition) is 0. The molecule has 0 aliphatic rings. The first kappa shape index (κ1) is 12.5. The van der Waals surface area contributed by atoms with Gasteiger partial charge >= 0.3 is 6.18 Å². The van der Waals surface area contributed by atoms with Gasteiger partial charge in [0.15, 0.2) is 5.78 Å². The molecule has 0 bridgehead atoms. The van der Waals surface area contributed by atoms with Crippen molar-refractivity contribution in [1.29, 1.82) is 0 Å². The Morgan fingerprint density at radius 1 is 1.19 bits per heavy atom. The van der Waals surface area contributed by atoms with Gasteiger partial charge in [-0.25, -0.2) is 0 Å². The molecule has 0 unspecified atom stereocenters. The average Bonchev–Trinajstić information content (AvgIpc) is 2.24. The Morgan fingerprint density at radius 3 is 2.38 bits per heavy atom. The van der Waals surface area contributed by atoms with Crippen molar-refractivity contribution in [3.05, 3.63) is 48.0 Å². The quantitative estimate of drug-likeness (QED) is 0.722. The predicted octanol–water partition coefficient (Wildman–Crippen LogP) is 3.31. The van der Waals surface area contributed by atoms with Gasteiger partial charge in [0.2, 0.25) is 0 Å². The normalized spacial score (nSPS) is 11.9. The van der Waals surface area contributed by atoms with Crippen LogP contribution in [-0.4, -0.2) is 12.0 Å². The lowest BCUT2D eigenvalue weighted by atomic mass is 10.1. The van der Waals surface area contributed by atoms with Crippen molar-refractivity contribution in [2.45, 2.75) is 19.0 Å². The highest BCUT2D eigenvalue weighted by Gasteiger charge is 2.22. The molecule has 0 aromatic heterocycles. The molecule has 0 N–H and O–H groups in total. The topological polar surface area (TPSA) is 17.1 Å². The lowest BCUT2D eigenvalue weighted by Crippen LogP contribution is -2.04. The smallest absolute Gasteiger partial charge is 0.295 e. The number of halogens is 3. The Morgan fingerprint density at radius 2 is 1.81 bits per heavy atom. The number of rotatable bonds is 4. The monoisotopic (exact) mass is 228 g/mol. The molecule has 0 aliphatic carbocycles. The van der Waals surface area contributed by atoms with Gasteiger partial charge in [-0.1, -0.05) is 30.3 Å². The summed E-state index contributed by atoms with van der Waals surface area (Å²) in [7, 11) is 0. The van der Waals surface area contributed by atoms with Crippen LogP contribution in [0.3, 0.4) is 0 Å². The third-order valence-corrected chi connectivity index (χ3v) is 1.96. The molecule has 1 aromatic rings. The van der Waals surface area contributed by atoms with E-state index in [0.717, 1.165) is 5.56 Å². The second kappa shape index (κ2) is 5.49. The fraction of sp³-hybridized carbons (Fsp3) is 0.250. The van der Waals surface area contributed by atoms with Crippen LogP contribution < -0.4 is 0 Å². The van der Waals surface area contributed by atoms with Gasteiger partial charge in [-0.15, -0.1) is 0 Å². The number of aryl methyl sites for hydroxylation is 1. The van der Waals surface area contributed by atoms with Gasteiger partial charge in [-0.2, -0.15) is 13.2 Å². The minimum atomic E-state index is -4.41. The summed E-state index contributed by atoms with van der Waals surface area (Å²) in [5.41, 5.74) is 0.941. The summed E-state index contributed by atoms with van der Waals surface area (Å²) in [6.07, 6.45) is -3.30. The van der Waals surface area contributed by atoms with Crippen LogP contribution in [0.2, 0.25) is 0 Å². The van der Waals surface area contributed by atoms with Gasteiger partial charge < -0.3 is 0 Å². The standard InChI is InChI=1S/C12H11F3O/c13-12(14,15)9-8-11(16)7-6-10-4-2-1-3-5-10/h1-5,8-9H,6-7H2/b9-8+. The Kier molecular flexibility index (Phi) is 4.28. The van der Waals surface area contributed by atoms with Gasteiger partial charge in [0.1, 0.15) is 0 Å². The molecule has 0 amide bonds. The number of carbonyl (C=O) groups excluding carboxylic acids is 1. The van der Waals surface area contributed by atoms with Crippen LogP contribution in [0.1, 0.15) is 12.0 Å². The van der Waals surface area contributed by atoms with Crippen LogP contribution in [0.4, 0.5) is 13.2 Å². The molecule has 16 heavy (non-hydrogen) atoms. The number of alkyl halides is 3. The minimum Gasteiger partial charge on any atom is -0.295 e. The molecule has 86 valence electrons. The van der Waals surface area contributed by atoms with Gasteiger partial charge in [0.05, 0.1) is 0 Å². The van der Waals surface area contributed by atoms with E-state index in [1.807, 2.05) is 30.3 Å². The Labute approximate surface area is 91.6 Å². The van der Waals surface area contributed by atoms with E-state index in [0.29, 0.717) is 12.5 Å². The molecule has 0 spiro atoms. The first-order valence-electron chi connectivity index (χ1n) is 4.80. The van der Waals surface area contributed by atoms with Crippen molar-refractivity contribution < 1.29 is 18.0 Å². The molecule has 0 aliphatic heterocycles. The summed E-state index contributed by atoms with van der Waals surface area (Å²) in [6.45, 7) is 0. The predicted molar refractivity (Wildman–Crippen MR) is 55.0 cm³/mol. The molecule has 0 saturated heterocycles. The minimum absolute atomic E-state index is 0.0275. The van der Waals surface area contributed by atoms with E-state index in [9.17, 15) is 18.0 Å². The Bertz CT molecular complexity index is 366. The summed E-state index contributed by atoms with van der Waals surface area (Å²) in [5.74, 6) is -0.513. The van der Waals surface area contributed by atoms with Gasteiger partial charge in [0.25, 0.3) is 0 Å². The van der Waals surface area contributed by atoms with E-state index in [-0.39, 0.29) is 12.5 Å². The SMILES string of the molecule is O=C(/C=C/C(F)(F)F)CCc1ccccc1. The van der Waals surface area contributed by atoms with Crippen LogP contribution in [0.15, 0.2) is 42.5 Å². The Hall–Kier alpha value is -1.58. The second-order valence-electron chi connectivity index (χ2n) is 3.33. The van der Waals surface area contributed by atoms with Crippen molar-refractivity contribution in [2.75, 3.05) is 0 Å². The molecule has 0 radical (unpaired) electrons. The number of allylic oxidation sites excluding steroid dienone is 2. The van der Waals surface area contributed by atoms with E-state index in [1.54, 1.807) is 0 Å². The first-order valence-corrected chi connectivity index (χ1v) is 4.80. The van der Waals surface area contributed by atoms with Crippen molar-refractivity contribution >= 4 is 5.78 Å². The van der Waals surface area contributed by atoms with Gasteiger partial charge in [-0.05, 0) is 18.1 Å². The summed E-state index contributed by atoms with van der Waals surface area (Å²) < 4.78 is 35.2. The fourth-order valence-electron chi connectivity index (χ4n) is 1.18. The fourth-order valence-corrected chi connectivity index (χ4v) is 1.18. The van der Waals surface area contributed by atoms with E-state index < -0.39 is 12.0 Å². The Balaban J connectivity index is 2.40. The van der Waals surface area contributed by atoms with Crippen LogP contribution in [0, 0.1) is 0 Å². The molecule has 0 saturated carbocycles. The number of ketones is 1. The molecular weight excluding hydrogens is 217 g/mol. The van der Waals surface area contributed by atoms with E-state index in [2.05, 4.69) is 0 Å². The average molecular weight is 228 g/mol. The van der Waals surface area contributed by atoms with Gasteiger partial charge in [0, 0.05) is 12.5 Å². The molecule has 0 heterocycles. The van der Waals surface area contributed by atoms with Gasteiger partial charge in [-0.3, -0.25) is 4.79 Å². The van der Waals surface area contributed by atoms with E-state index in [4.69, 9.17) is 0 Å². The number of carbonyl (C=O) groups is 1. The summed E-state index contributed by atoms with van der Waals surface area (Å²) in [5, 5.41) is 0. The summed E-state index contributed by atoms with van der Waals surface area (Å²) in [4.78, 5) is 11.1. The maximum atomic E-state index is 11.7. The molecule has 1 nitrogen and oxygen atoms in total. The zero-order valence-corrected chi connectivity index (χ0v) is 8.50. The first-order chi connectivity index (χ1) is 7.47. The lowest BCUT2D eigenvalue weighted by molar-refractivity contribution is -0.115. The highest BCUT2D eigenvalue weighted by molar-refractivity contribution is 5.89. The second-order valence-corrected chi connectivity index (χ2v) is 3.33. The van der Waals surface area contributed by atoms with Crippen LogP contribution in [0.25, 0.3) is 0 Å². The van der Waals surface area contributed by atoms with Crippen molar-refractivity contribution in [2.24, 2.45) is 0 Å². The molecular formula is C12H11F3O. The molecule has 1 aromatic carbocycles. The third kappa shape index (κ3) is 5.34.